The van der Waals surface area contributed by atoms with Gasteiger partial charge in [0, 0.05) is 12.6 Å². The molecule has 0 saturated heterocycles. The van der Waals surface area contributed by atoms with E-state index < -0.39 is 0 Å². The van der Waals surface area contributed by atoms with Crippen molar-refractivity contribution in [1.29, 1.82) is 0 Å². The van der Waals surface area contributed by atoms with Crippen LogP contribution in [0.1, 0.15) is 29.7 Å². The number of hydrogen-bond donors (Lipinski definition) is 1. The molecule has 2 rings (SSSR count). The van der Waals surface area contributed by atoms with Gasteiger partial charge >= 0.3 is 5.97 Å². The monoisotopic (exact) mass is 283 g/mol. The fourth-order valence-electron chi connectivity index (χ4n) is 2.25. The summed E-state index contributed by atoms with van der Waals surface area (Å²) in [6.45, 7) is 2.86. The van der Waals surface area contributed by atoms with Crippen molar-refractivity contribution in [3.63, 3.8) is 0 Å². The molecule has 2 aromatic rings. The smallest absolute Gasteiger partial charge is 0.309 e. The average molecular weight is 283 g/mol. The SMILES string of the molecule is COC(=O)Cc1ccccc1CNC(C)c1ccccc1. The first-order valence-corrected chi connectivity index (χ1v) is 7.12. The fraction of sp³-hybridized carbons (Fsp3) is 0.278. The third kappa shape index (κ3) is 4.43. The lowest BCUT2D eigenvalue weighted by Gasteiger charge is -2.16. The van der Waals surface area contributed by atoms with Crippen molar-refractivity contribution in [1.82, 2.24) is 5.32 Å². The Labute approximate surface area is 126 Å². The highest BCUT2D eigenvalue weighted by molar-refractivity contribution is 5.72. The van der Waals surface area contributed by atoms with E-state index in [1.807, 2.05) is 42.5 Å². The zero-order valence-electron chi connectivity index (χ0n) is 12.5. The van der Waals surface area contributed by atoms with Gasteiger partial charge < -0.3 is 10.1 Å². The minimum absolute atomic E-state index is 0.210. The molecule has 0 heterocycles. The Hall–Kier alpha value is -2.13. The van der Waals surface area contributed by atoms with Crippen molar-refractivity contribution in [2.24, 2.45) is 0 Å². The number of carbonyl (C=O) groups is 1. The molecule has 0 radical (unpaired) electrons. The van der Waals surface area contributed by atoms with Gasteiger partial charge in [-0.25, -0.2) is 0 Å². The molecule has 0 fully saturated rings. The van der Waals surface area contributed by atoms with E-state index in [2.05, 4.69) is 24.4 Å². The fourth-order valence-corrected chi connectivity index (χ4v) is 2.25. The van der Waals surface area contributed by atoms with E-state index in [0.717, 1.165) is 17.7 Å². The Morgan fingerprint density at radius 3 is 2.33 bits per heavy atom. The quantitative estimate of drug-likeness (QED) is 0.827. The molecule has 3 nitrogen and oxygen atoms in total. The lowest BCUT2D eigenvalue weighted by molar-refractivity contribution is -0.139. The summed E-state index contributed by atoms with van der Waals surface area (Å²) in [5.74, 6) is -0.210. The summed E-state index contributed by atoms with van der Waals surface area (Å²) in [7, 11) is 1.42. The van der Waals surface area contributed by atoms with Crippen molar-refractivity contribution in [3.05, 3.63) is 71.3 Å². The predicted molar refractivity (Wildman–Crippen MR) is 83.9 cm³/mol. The van der Waals surface area contributed by atoms with Crippen LogP contribution in [0.4, 0.5) is 0 Å². The Kier molecular flexibility index (Phi) is 5.52. The van der Waals surface area contributed by atoms with E-state index in [1.54, 1.807) is 0 Å². The summed E-state index contributed by atoms with van der Waals surface area (Å²) in [5.41, 5.74) is 3.39. The number of ether oxygens (including phenoxy) is 1. The van der Waals surface area contributed by atoms with Gasteiger partial charge in [0.05, 0.1) is 13.5 Å². The number of carbonyl (C=O) groups excluding carboxylic acids is 1. The number of esters is 1. The van der Waals surface area contributed by atoms with Gasteiger partial charge in [-0.1, -0.05) is 54.6 Å². The minimum Gasteiger partial charge on any atom is -0.469 e. The molecule has 110 valence electrons. The highest BCUT2D eigenvalue weighted by Crippen LogP contribution is 2.15. The van der Waals surface area contributed by atoms with Gasteiger partial charge in [0.25, 0.3) is 0 Å². The topological polar surface area (TPSA) is 38.3 Å². The largest absolute Gasteiger partial charge is 0.469 e. The van der Waals surface area contributed by atoms with Crippen molar-refractivity contribution in [3.8, 4) is 0 Å². The zero-order chi connectivity index (χ0) is 15.1. The van der Waals surface area contributed by atoms with Crippen molar-refractivity contribution in [2.75, 3.05) is 7.11 Å². The van der Waals surface area contributed by atoms with Crippen LogP contribution in [0, 0.1) is 0 Å². The first-order valence-electron chi connectivity index (χ1n) is 7.12. The van der Waals surface area contributed by atoms with Crippen LogP contribution < -0.4 is 5.32 Å². The standard InChI is InChI=1S/C18H21NO2/c1-14(15-8-4-3-5-9-15)19-13-17-11-7-6-10-16(17)12-18(20)21-2/h3-11,14,19H,12-13H2,1-2H3. The molecule has 0 aromatic heterocycles. The Bertz CT molecular complexity index is 581. The highest BCUT2D eigenvalue weighted by Gasteiger charge is 2.09. The third-order valence-corrected chi connectivity index (χ3v) is 3.58. The average Bonchev–Trinajstić information content (AvgIpc) is 2.54. The molecule has 1 unspecified atom stereocenters. The summed E-state index contributed by atoms with van der Waals surface area (Å²) in [4.78, 5) is 11.5. The highest BCUT2D eigenvalue weighted by atomic mass is 16.5. The summed E-state index contributed by atoms with van der Waals surface area (Å²) >= 11 is 0. The second-order valence-corrected chi connectivity index (χ2v) is 5.03. The van der Waals surface area contributed by atoms with Crippen molar-refractivity contribution in [2.45, 2.75) is 25.9 Å². The van der Waals surface area contributed by atoms with E-state index in [9.17, 15) is 4.79 Å². The summed E-state index contributed by atoms with van der Waals surface area (Å²) in [6.07, 6.45) is 0.314. The van der Waals surface area contributed by atoms with E-state index in [4.69, 9.17) is 4.74 Å². The van der Waals surface area contributed by atoms with Gasteiger partial charge in [0.2, 0.25) is 0 Å². The van der Waals surface area contributed by atoms with E-state index in [0.29, 0.717) is 6.42 Å². The van der Waals surface area contributed by atoms with Crippen LogP contribution in [-0.4, -0.2) is 13.1 Å². The van der Waals surface area contributed by atoms with Crippen LogP contribution in [0.5, 0.6) is 0 Å². The maximum atomic E-state index is 11.5. The maximum absolute atomic E-state index is 11.5. The lowest BCUT2D eigenvalue weighted by atomic mass is 10.0. The summed E-state index contributed by atoms with van der Waals surface area (Å²) < 4.78 is 4.74. The van der Waals surface area contributed by atoms with Crippen molar-refractivity contribution < 1.29 is 9.53 Å². The second kappa shape index (κ2) is 7.60. The predicted octanol–water partition coefficient (Wildman–Crippen LogP) is 3.25. The second-order valence-electron chi connectivity index (χ2n) is 5.03. The zero-order valence-corrected chi connectivity index (χ0v) is 12.5. The van der Waals surface area contributed by atoms with E-state index >= 15 is 0 Å². The molecule has 0 bridgehead atoms. The molecule has 0 aliphatic heterocycles. The van der Waals surface area contributed by atoms with Crippen LogP contribution in [0.25, 0.3) is 0 Å². The number of rotatable bonds is 6. The van der Waals surface area contributed by atoms with Crippen LogP contribution in [0.3, 0.4) is 0 Å². The minimum atomic E-state index is -0.210. The van der Waals surface area contributed by atoms with Gasteiger partial charge in [-0.15, -0.1) is 0 Å². The van der Waals surface area contributed by atoms with Gasteiger partial charge in [-0.05, 0) is 23.6 Å². The van der Waals surface area contributed by atoms with E-state index in [1.165, 1.54) is 12.7 Å². The summed E-state index contributed by atoms with van der Waals surface area (Å²) in [6, 6.07) is 18.5. The molecule has 3 heteroatoms. The molecule has 0 aliphatic carbocycles. The molecule has 1 N–H and O–H groups in total. The molecule has 0 aliphatic rings. The van der Waals surface area contributed by atoms with Gasteiger partial charge in [-0.3, -0.25) is 4.79 Å². The molecule has 21 heavy (non-hydrogen) atoms. The molecule has 2 aromatic carbocycles. The number of methoxy groups -OCH3 is 1. The number of hydrogen-bond acceptors (Lipinski definition) is 3. The third-order valence-electron chi connectivity index (χ3n) is 3.58. The number of nitrogens with one attached hydrogen (secondary N) is 1. The van der Waals surface area contributed by atoms with Gasteiger partial charge in [0.15, 0.2) is 0 Å². The maximum Gasteiger partial charge on any atom is 0.309 e. The van der Waals surface area contributed by atoms with Crippen LogP contribution in [-0.2, 0) is 22.5 Å². The first-order chi connectivity index (χ1) is 10.2. The van der Waals surface area contributed by atoms with Gasteiger partial charge in [0.1, 0.15) is 0 Å². The van der Waals surface area contributed by atoms with Gasteiger partial charge in [-0.2, -0.15) is 0 Å². The van der Waals surface area contributed by atoms with Crippen LogP contribution in [0.2, 0.25) is 0 Å². The summed E-state index contributed by atoms with van der Waals surface area (Å²) in [5, 5.41) is 3.49. The molecule has 0 saturated carbocycles. The van der Waals surface area contributed by atoms with Crippen molar-refractivity contribution >= 4 is 5.97 Å². The molecule has 1 atom stereocenters. The van der Waals surface area contributed by atoms with Crippen LogP contribution in [0.15, 0.2) is 54.6 Å². The molecule has 0 amide bonds. The Balaban J connectivity index is 2.01. The Morgan fingerprint density at radius 2 is 1.67 bits per heavy atom. The Morgan fingerprint density at radius 1 is 1.05 bits per heavy atom. The lowest BCUT2D eigenvalue weighted by Crippen LogP contribution is -2.19. The van der Waals surface area contributed by atoms with E-state index in [-0.39, 0.29) is 12.0 Å². The molecule has 0 spiro atoms. The molecular weight excluding hydrogens is 262 g/mol. The normalized spacial score (nSPS) is 11.9. The molecular formula is C18H21NO2. The van der Waals surface area contributed by atoms with Crippen LogP contribution >= 0.6 is 0 Å². The first kappa shape index (κ1) is 15.3. The number of benzene rings is 2.